The lowest BCUT2D eigenvalue weighted by atomic mass is 9.91. The summed E-state index contributed by atoms with van der Waals surface area (Å²) in [6, 6.07) is 17.2. The number of benzene rings is 3. The summed E-state index contributed by atoms with van der Waals surface area (Å²) >= 11 is 0. The third-order valence-corrected chi connectivity index (χ3v) is 4.91. The third-order valence-electron chi connectivity index (χ3n) is 4.91. The Morgan fingerprint density at radius 1 is 0.880 bits per heavy atom. The van der Waals surface area contributed by atoms with Crippen molar-refractivity contribution >= 4 is 46.5 Å². The average Bonchev–Trinajstić information content (AvgIpc) is 2.80. The zero-order chi connectivity index (χ0) is 17.4. The summed E-state index contributed by atoms with van der Waals surface area (Å²) in [4.78, 5) is 2.31. The van der Waals surface area contributed by atoms with Gasteiger partial charge in [0.05, 0.1) is 5.69 Å². The Kier molecular flexibility index (Phi) is 3.77. The molecule has 3 aromatic rings. The smallest absolute Gasteiger partial charge is 0.0568 e. The van der Waals surface area contributed by atoms with Crippen molar-refractivity contribution in [1.29, 1.82) is 0 Å². The molecule has 0 fully saturated rings. The topological polar surface area (TPSA) is 3.24 Å². The molecule has 0 aromatic heterocycles. The van der Waals surface area contributed by atoms with Crippen LogP contribution in [-0.2, 0) is 0 Å². The first-order valence-electron chi connectivity index (χ1n) is 8.61. The van der Waals surface area contributed by atoms with Gasteiger partial charge in [0.1, 0.15) is 0 Å². The van der Waals surface area contributed by atoms with Crippen molar-refractivity contribution in [1.82, 2.24) is 0 Å². The molecule has 0 aliphatic carbocycles. The highest BCUT2D eigenvalue weighted by Crippen LogP contribution is 2.44. The predicted molar refractivity (Wildman–Crippen MR) is 112 cm³/mol. The number of hydrogen-bond acceptors (Lipinski definition) is 1. The second-order valence-corrected chi connectivity index (χ2v) is 6.29. The van der Waals surface area contributed by atoms with E-state index in [1.807, 2.05) is 6.08 Å². The maximum Gasteiger partial charge on any atom is 0.0568 e. The van der Waals surface area contributed by atoms with Gasteiger partial charge in [0.25, 0.3) is 0 Å². The lowest BCUT2D eigenvalue weighted by molar-refractivity contribution is 1.21. The SMILES string of the molecule is C=Cc1c2c(c3ccccc3c1/C=C\C)N(C)c1ccccc1C=C2. The fraction of sp³-hybridized carbons (Fsp3) is 0.0833. The number of anilines is 2. The van der Waals surface area contributed by atoms with Crippen molar-refractivity contribution in [2.45, 2.75) is 6.92 Å². The summed E-state index contributed by atoms with van der Waals surface area (Å²) in [5.74, 6) is 0. The lowest BCUT2D eigenvalue weighted by Gasteiger charge is -2.26. The molecule has 1 heterocycles. The third kappa shape index (κ3) is 2.32. The van der Waals surface area contributed by atoms with Crippen LogP contribution in [0.2, 0.25) is 0 Å². The summed E-state index contributed by atoms with van der Waals surface area (Å²) < 4.78 is 0. The first-order chi connectivity index (χ1) is 12.3. The molecular formula is C24H21N. The van der Waals surface area contributed by atoms with Crippen molar-refractivity contribution < 1.29 is 0 Å². The molecule has 4 rings (SSSR count). The molecule has 0 radical (unpaired) electrons. The molecule has 0 unspecified atom stereocenters. The van der Waals surface area contributed by atoms with Gasteiger partial charge in [-0.1, -0.05) is 79.4 Å². The normalized spacial score (nSPS) is 13.0. The number of para-hydroxylation sites is 1. The standard InChI is InChI=1S/C24H21N/c1-4-10-19-18(5-2)22-16-15-17-11-6-9-14-23(17)25(3)24(22)21-13-8-7-12-20(19)21/h4-16H,2H2,1,3H3/b10-4-. The Morgan fingerprint density at radius 3 is 2.36 bits per heavy atom. The van der Waals surface area contributed by atoms with Crippen molar-refractivity contribution in [3.63, 3.8) is 0 Å². The number of nitrogens with zero attached hydrogens (tertiary/aromatic N) is 1. The number of rotatable bonds is 2. The second kappa shape index (κ2) is 6.10. The molecule has 1 aliphatic heterocycles. The number of fused-ring (bicyclic) bond motifs is 4. The molecule has 0 N–H and O–H groups in total. The van der Waals surface area contributed by atoms with Crippen LogP contribution in [0.15, 0.2) is 61.2 Å². The fourth-order valence-corrected chi connectivity index (χ4v) is 3.81. The van der Waals surface area contributed by atoms with E-state index in [1.54, 1.807) is 0 Å². The van der Waals surface area contributed by atoms with Gasteiger partial charge in [0.15, 0.2) is 0 Å². The summed E-state index contributed by atoms with van der Waals surface area (Å²) in [6.07, 6.45) is 10.7. The summed E-state index contributed by atoms with van der Waals surface area (Å²) in [5, 5.41) is 2.52. The van der Waals surface area contributed by atoms with E-state index < -0.39 is 0 Å². The summed E-state index contributed by atoms with van der Waals surface area (Å²) in [6.45, 7) is 6.17. The van der Waals surface area contributed by atoms with Gasteiger partial charge < -0.3 is 4.90 Å². The molecule has 122 valence electrons. The molecule has 0 saturated heterocycles. The molecule has 1 nitrogen and oxygen atoms in total. The zero-order valence-electron chi connectivity index (χ0n) is 14.7. The van der Waals surface area contributed by atoms with Crippen LogP contribution < -0.4 is 4.90 Å². The van der Waals surface area contributed by atoms with Crippen LogP contribution in [0.5, 0.6) is 0 Å². The first kappa shape index (κ1) is 15.5. The van der Waals surface area contributed by atoms with Crippen LogP contribution >= 0.6 is 0 Å². The van der Waals surface area contributed by atoms with Gasteiger partial charge in [0.2, 0.25) is 0 Å². The highest BCUT2D eigenvalue weighted by Gasteiger charge is 2.21. The Bertz CT molecular complexity index is 1040. The quantitative estimate of drug-likeness (QED) is 0.503. The molecule has 0 spiro atoms. The molecule has 3 aromatic carbocycles. The Hall–Kier alpha value is -3.06. The second-order valence-electron chi connectivity index (χ2n) is 6.29. The van der Waals surface area contributed by atoms with E-state index in [4.69, 9.17) is 0 Å². The lowest BCUT2D eigenvalue weighted by Crippen LogP contribution is -2.12. The Balaban J connectivity index is 2.19. The predicted octanol–water partition coefficient (Wildman–Crippen LogP) is 6.77. The molecule has 25 heavy (non-hydrogen) atoms. The van der Waals surface area contributed by atoms with E-state index in [1.165, 1.54) is 44.4 Å². The van der Waals surface area contributed by atoms with Gasteiger partial charge in [-0.25, -0.2) is 0 Å². The van der Waals surface area contributed by atoms with E-state index in [2.05, 4.69) is 98.3 Å². The number of hydrogen-bond donors (Lipinski definition) is 0. The molecule has 0 amide bonds. The highest BCUT2D eigenvalue weighted by atomic mass is 15.1. The average molecular weight is 323 g/mol. The van der Waals surface area contributed by atoms with Gasteiger partial charge in [-0.3, -0.25) is 0 Å². The van der Waals surface area contributed by atoms with Crippen molar-refractivity contribution in [2.75, 3.05) is 11.9 Å². The van der Waals surface area contributed by atoms with E-state index in [9.17, 15) is 0 Å². The van der Waals surface area contributed by atoms with Crippen LogP contribution in [-0.4, -0.2) is 7.05 Å². The molecule has 0 bridgehead atoms. The summed E-state index contributed by atoms with van der Waals surface area (Å²) in [5.41, 5.74) is 7.32. The highest BCUT2D eigenvalue weighted by molar-refractivity contribution is 6.09. The van der Waals surface area contributed by atoms with E-state index in [-0.39, 0.29) is 0 Å². The molecule has 1 aliphatic rings. The van der Waals surface area contributed by atoms with Crippen LogP contribution in [0.1, 0.15) is 29.2 Å². The monoisotopic (exact) mass is 323 g/mol. The van der Waals surface area contributed by atoms with Gasteiger partial charge in [0, 0.05) is 23.7 Å². The first-order valence-corrected chi connectivity index (χ1v) is 8.61. The van der Waals surface area contributed by atoms with Crippen molar-refractivity contribution in [3.05, 3.63) is 83.4 Å². The summed E-state index contributed by atoms with van der Waals surface area (Å²) in [7, 11) is 2.15. The largest absolute Gasteiger partial charge is 0.343 e. The van der Waals surface area contributed by atoms with E-state index >= 15 is 0 Å². The van der Waals surface area contributed by atoms with Crippen LogP contribution in [0.3, 0.4) is 0 Å². The van der Waals surface area contributed by atoms with Crippen LogP contribution in [0, 0.1) is 0 Å². The minimum Gasteiger partial charge on any atom is -0.343 e. The van der Waals surface area contributed by atoms with Crippen LogP contribution in [0.4, 0.5) is 11.4 Å². The van der Waals surface area contributed by atoms with Gasteiger partial charge in [-0.15, -0.1) is 0 Å². The maximum atomic E-state index is 4.11. The molecule has 1 heteroatoms. The minimum atomic E-state index is 1.18. The van der Waals surface area contributed by atoms with Crippen molar-refractivity contribution in [3.8, 4) is 0 Å². The number of allylic oxidation sites excluding steroid dienone is 1. The molecular weight excluding hydrogens is 302 g/mol. The van der Waals surface area contributed by atoms with Crippen LogP contribution in [0.25, 0.3) is 35.1 Å². The van der Waals surface area contributed by atoms with Gasteiger partial charge >= 0.3 is 0 Å². The van der Waals surface area contributed by atoms with Gasteiger partial charge in [-0.05, 0) is 35.1 Å². The molecule has 0 saturated carbocycles. The maximum absolute atomic E-state index is 4.11. The fourth-order valence-electron chi connectivity index (χ4n) is 3.81. The Morgan fingerprint density at radius 2 is 1.60 bits per heavy atom. The Labute approximate surface area is 149 Å². The van der Waals surface area contributed by atoms with E-state index in [0.29, 0.717) is 0 Å². The van der Waals surface area contributed by atoms with E-state index in [0.717, 1.165) is 0 Å². The van der Waals surface area contributed by atoms with Gasteiger partial charge in [-0.2, -0.15) is 0 Å². The zero-order valence-corrected chi connectivity index (χ0v) is 14.7. The molecule has 0 atom stereocenters. The minimum absolute atomic E-state index is 1.18. The van der Waals surface area contributed by atoms with Crippen molar-refractivity contribution in [2.24, 2.45) is 0 Å².